The SMILES string of the molecule is CCOC(=O)c1ccc(NC(=O)CC2S/C(=N/N=C/c3ccccc3)N(c3ccc(O)cc3)C2=O)cc1. The van der Waals surface area contributed by atoms with E-state index in [4.69, 9.17) is 4.74 Å². The Balaban J connectivity index is 1.48. The Morgan fingerprint density at radius 2 is 1.76 bits per heavy atom. The zero-order valence-corrected chi connectivity index (χ0v) is 20.7. The van der Waals surface area contributed by atoms with Gasteiger partial charge in [0, 0.05) is 12.1 Å². The van der Waals surface area contributed by atoms with Gasteiger partial charge in [-0.05, 0) is 61.0 Å². The van der Waals surface area contributed by atoms with Crippen molar-refractivity contribution in [3.8, 4) is 5.75 Å². The number of aromatic hydroxyl groups is 1. The molecule has 0 aromatic heterocycles. The van der Waals surface area contributed by atoms with Gasteiger partial charge in [-0.2, -0.15) is 5.10 Å². The van der Waals surface area contributed by atoms with Crippen LogP contribution in [0.1, 0.15) is 29.3 Å². The lowest BCUT2D eigenvalue weighted by molar-refractivity contribution is -0.121. The van der Waals surface area contributed by atoms with E-state index in [1.807, 2.05) is 30.3 Å². The largest absolute Gasteiger partial charge is 0.508 e. The average molecular weight is 517 g/mol. The molecule has 9 nitrogen and oxygen atoms in total. The number of phenols is 1. The summed E-state index contributed by atoms with van der Waals surface area (Å²) in [6, 6.07) is 21.9. The van der Waals surface area contributed by atoms with Crippen LogP contribution >= 0.6 is 11.8 Å². The Hall–Kier alpha value is -4.44. The number of amides is 2. The molecule has 1 saturated heterocycles. The number of anilines is 2. The second-order valence-corrected chi connectivity index (χ2v) is 9.05. The Labute approximate surface area is 217 Å². The monoisotopic (exact) mass is 516 g/mol. The second kappa shape index (κ2) is 12.0. The summed E-state index contributed by atoms with van der Waals surface area (Å²) in [4.78, 5) is 39.2. The summed E-state index contributed by atoms with van der Waals surface area (Å²) in [5.41, 5.74) is 2.22. The van der Waals surface area contributed by atoms with Crippen molar-refractivity contribution in [1.82, 2.24) is 0 Å². The summed E-state index contributed by atoms with van der Waals surface area (Å²) in [5.74, 6) is -1.07. The Morgan fingerprint density at radius 3 is 2.43 bits per heavy atom. The topological polar surface area (TPSA) is 121 Å². The molecule has 3 aromatic carbocycles. The van der Waals surface area contributed by atoms with Gasteiger partial charge in [-0.25, -0.2) is 4.79 Å². The molecule has 2 N–H and O–H groups in total. The first-order chi connectivity index (χ1) is 17.9. The van der Waals surface area contributed by atoms with Crippen LogP contribution in [0.3, 0.4) is 0 Å². The number of nitrogens with zero attached hydrogens (tertiary/aromatic N) is 3. The Bertz CT molecular complexity index is 1330. The van der Waals surface area contributed by atoms with Crippen molar-refractivity contribution in [2.24, 2.45) is 10.2 Å². The summed E-state index contributed by atoms with van der Waals surface area (Å²) in [6.45, 7) is 2.00. The number of hydrogen-bond acceptors (Lipinski definition) is 8. The zero-order chi connectivity index (χ0) is 26.2. The molecule has 0 radical (unpaired) electrons. The van der Waals surface area contributed by atoms with Gasteiger partial charge in [0.1, 0.15) is 11.0 Å². The van der Waals surface area contributed by atoms with Crippen LogP contribution in [0.5, 0.6) is 5.75 Å². The molecule has 0 saturated carbocycles. The highest BCUT2D eigenvalue weighted by Gasteiger charge is 2.40. The number of esters is 1. The molecule has 0 bridgehead atoms. The first-order valence-electron chi connectivity index (χ1n) is 11.5. The molecule has 1 aliphatic rings. The molecule has 3 aromatic rings. The maximum atomic E-state index is 13.3. The van der Waals surface area contributed by atoms with Crippen molar-refractivity contribution in [3.05, 3.63) is 90.0 Å². The van der Waals surface area contributed by atoms with Crippen LogP contribution in [0.15, 0.2) is 89.1 Å². The van der Waals surface area contributed by atoms with Gasteiger partial charge in [0.05, 0.1) is 24.1 Å². The van der Waals surface area contributed by atoms with Crippen molar-refractivity contribution < 1.29 is 24.2 Å². The smallest absolute Gasteiger partial charge is 0.338 e. The van der Waals surface area contributed by atoms with E-state index in [1.54, 1.807) is 49.5 Å². The zero-order valence-electron chi connectivity index (χ0n) is 19.9. The lowest BCUT2D eigenvalue weighted by Crippen LogP contribution is -2.33. The number of nitrogens with one attached hydrogen (secondary N) is 1. The number of benzene rings is 3. The van der Waals surface area contributed by atoms with Crippen molar-refractivity contribution in [1.29, 1.82) is 0 Å². The van der Waals surface area contributed by atoms with Gasteiger partial charge < -0.3 is 15.2 Å². The quantitative estimate of drug-likeness (QED) is 0.260. The minimum atomic E-state index is -0.724. The van der Waals surface area contributed by atoms with Crippen LogP contribution in [0, 0.1) is 0 Å². The molecule has 0 spiro atoms. The fraction of sp³-hybridized carbons (Fsp3) is 0.148. The molecule has 1 fully saturated rings. The molecule has 1 heterocycles. The van der Waals surface area contributed by atoms with Crippen LogP contribution < -0.4 is 10.2 Å². The van der Waals surface area contributed by atoms with Crippen LogP contribution in [0.25, 0.3) is 0 Å². The van der Waals surface area contributed by atoms with Gasteiger partial charge in [-0.15, -0.1) is 5.10 Å². The first-order valence-corrected chi connectivity index (χ1v) is 12.4. The van der Waals surface area contributed by atoms with Crippen LogP contribution in [-0.4, -0.2) is 46.1 Å². The van der Waals surface area contributed by atoms with E-state index in [9.17, 15) is 19.5 Å². The average Bonchev–Trinajstić information content (AvgIpc) is 3.20. The molecule has 1 aliphatic heterocycles. The summed E-state index contributed by atoms with van der Waals surface area (Å²) < 4.78 is 4.96. The van der Waals surface area contributed by atoms with Gasteiger partial charge in [0.25, 0.3) is 0 Å². The lowest BCUT2D eigenvalue weighted by Gasteiger charge is -2.16. The van der Waals surface area contributed by atoms with Crippen LogP contribution in [-0.2, 0) is 14.3 Å². The van der Waals surface area contributed by atoms with Crippen molar-refractivity contribution >= 4 is 52.3 Å². The van der Waals surface area contributed by atoms with E-state index in [2.05, 4.69) is 15.5 Å². The summed E-state index contributed by atoms with van der Waals surface area (Å²) in [5, 5.41) is 20.4. The van der Waals surface area contributed by atoms with E-state index in [0.717, 1.165) is 17.3 Å². The van der Waals surface area contributed by atoms with Crippen molar-refractivity contribution in [2.45, 2.75) is 18.6 Å². The number of phenolic OH excluding ortho intramolecular Hbond substituents is 1. The van der Waals surface area contributed by atoms with E-state index in [-0.39, 0.29) is 30.6 Å². The minimum absolute atomic E-state index is 0.0635. The minimum Gasteiger partial charge on any atom is -0.508 e. The first kappa shape index (κ1) is 25.6. The molecule has 188 valence electrons. The number of hydrogen-bond donors (Lipinski definition) is 2. The molecule has 0 aliphatic carbocycles. The number of ether oxygens (including phenoxy) is 1. The lowest BCUT2D eigenvalue weighted by atomic mass is 10.2. The van der Waals surface area contributed by atoms with Crippen molar-refractivity contribution in [3.63, 3.8) is 0 Å². The summed E-state index contributed by atoms with van der Waals surface area (Å²) in [7, 11) is 0. The number of thioether (sulfide) groups is 1. The third-order valence-electron chi connectivity index (χ3n) is 5.24. The van der Waals surface area contributed by atoms with E-state index in [1.165, 1.54) is 17.0 Å². The molecule has 1 atom stereocenters. The molecule has 10 heteroatoms. The Morgan fingerprint density at radius 1 is 1.05 bits per heavy atom. The molecule has 2 amide bonds. The second-order valence-electron chi connectivity index (χ2n) is 7.88. The van der Waals surface area contributed by atoms with E-state index >= 15 is 0 Å². The predicted octanol–water partition coefficient (Wildman–Crippen LogP) is 4.44. The normalized spacial score (nSPS) is 16.4. The number of carbonyl (C=O) groups is 3. The van der Waals surface area contributed by atoms with Crippen LogP contribution in [0.2, 0.25) is 0 Å². The molecule has 4 rings (SSSR count). The highest BCUT2D eigenvalue weighted by atomic mass is 32.2. The Kier molecular flexibility index (Phi) is 8.32. The maximum absolute atomic E-state index is 13.3. The molecular formula is C27H24N4O5S. The summed E-state index contributed by atoms with van der Waals surface area (Å²) >= 11 is 1.14. The summed E-state index contributed by atoms with van der Waals surface area (Å²) in [6.07, 6.45) is 1.48. The fourth-order valence-electron chi connectivity index (χ4n) is 3.47. The predicted molar refractivity (Wildman–Crippen MR) is 144 cm³/mol. The van der Waals surface area contributed by atoms with Gasteiger partial charge in [-0.3, -0.25) is 14.5 Å². The van der Waals surface area contributed by atoms with Crippen LogP contribution in [0.4, 0.5) is 11.4 Å². The highest BCUT2D eigenvalue weighted by molar-refractivity contribution is 8.16. The number of carbonyl (C=O) groups excluding carboxylic acids is 3. The standard InChI is InChI=1S/C27H24N4O5S/c1-2-36-26(35)19-8-10-20(11-9-19)29-24(33)16-23-25(34)31(21-12-14-22(32)15-13-21)27(37-23)30-28-17-18-6-4-3-5-7-18/h3-15,17,23,32H,2,16H2,1H3,(H,29,33)/b28-17+,30-27+. The molecular weight excluding hydrogens is 492 g/mol. The third-order valence-corrected chi connectivity index (χ3v) is 6.37. The van der Waals surface area contributed by atoms with Gasteiger partial charge in [-0.1, -0.05) is 42.1 Å². The molecule has 1 unspecified atom stereocenters. The maximum Gasteiger partial charge on any atom is 0.338 e. The van der Waals surface area contributed by atoms with E-state index in [0.29, 0.717) is 22.1 Å². The third kappa shape index (κ3) is 6.62. The van der Waals surface area contributed by atoms with Gasteiger partial charge in [0.2, 0.25) is 11.8 Å². The number of amidine groups is 1. The fourth-order valence-corrected chi connectivity index (χ4v) is 4.56. The van der Waals surface area contributed by atoms with Crippen molar-refractivity contribution in [2.75, 3.05) is 16.8 Å². The van der Waals surface area contributed by atoms with Gasteiger partial charge >= 0.3 is 5.97 Å². The van der Waals surface area contributed by atoms with E-state index < -0.39 is 11.2 Å². The number of rotatable bonds is 8. The van der Waals surface area contributed by atoms with Gasteiger partial charge in [0.15, 0.2) is 5.17 Å². The highest BCUT2D eigenvalue weighted by Crippen LogP contribution is 2.34. The molecule has 37 heavy (non-hydrogen) atoms.